The molecule has 3 atom stereocenters. The predicted molar refractivity (Wildman–Crippen MR) is 106 cm³/mol. The van der Waals surface area contributed by atoms with Gasteiger partial charge < -0.3 is 24.2 Å². The molecule has 6 heteroatoms. The molecular weight excluding hydrogens is 358 g/mol. The lowest BCUT2D eigenvalue weighted by molar-refractivity contribution is 0.0470. The molecule has 0 bridgehead atoms. The Morgan fingerprint density at radius 1 is 1.18 bits per heavy atom. The molecule has 3 rings (SSSR count). The molecule has 0 saturated carbocycles. The van der Waals surface area contributed by atoms with Crippen molar-refractivity contribution in [1.82, 2.24) is 4.90 Å². The van der Waals surface area contributed by atoms with Gasteiger partial charge in [-0.1, -0.05) is 31.2 Å². The van der Waals surface area contributed by atoms with Gasteiger partial charge in [-0.25, -0.2) is 4.79 Å². The summed E-state index contributed by atoms with van der Waals surface area (Å²) in [5.41, 5.74) is 0.466. The Kier molecular flexibility index (Phi) is 5.79. The number of benzene rings is 2. The molecule has 1 aliphatic heterocycles. The van der Waals surface area contributed by atoms with Crippen LogP contribution in [0.3, 0.4) is 0 Å². The van der Waals surface area contributed by atoms with E-state index in [1.165, 1.54) is 7.11 Å². The van der Waals surface area contributed by atoms with Gasteiger partial charge in [0.1, 0.15) is 5.75 Å². The number of ether oxygens (including phenoxy) is 3. The monoisotopic (exact) mass is 385 g/mol. The fraction of sp³-hybridized carbons (Fsp3) is 0.409. The number of likely N-dealkylation sites (tertiary alicyclic amines) is 1. The van der Waals surface area contributed by atoms with Crippen LogP contribution in [0.15, 0.2) is 48.5 Å². The van der Waals surface area contributed by atoms with E-state index in [0.717, 1.165) is 5.56 Å². The Morgan fingerprint density at radius 2 is 1.89 bits per heavy atom. The van der Waals surface area contributed by atoms with E-state index in [1.54, 1.807) is 18.9 Å². The Hall–Kier alpha value is -2.73. The first kappa shape index (κ1) is 20.0. The van der Waals surface area contributed by atoms with E-state index in [-0.39, 0.29) is 12.0 Å². The van der Waals surface area contributed by atoms with E-state index in [0.29, 0.717) is 30.3 Å². The van der Waals surface area contributed by atoms with E-state index in [2.05, 4.69) is 0 Å². The van der Waals surface area contributed by atoms with Crippen LogP contribution in [0.5, 0.6) is 17.2 Å². The van der Waals surface area contributed by atoms with Crippen molar-refractivity contribution in [2.24, 2.45) is 5.41 Å². The summed E-state index contributed by atoms with van der Waals surface area (Å²) in [5, 5.41) is 10.5. The topological polar surface area (TPSA) is 68.2 Å². The zero-order chi connectivity index (χ0) is 20.3. The van der Waals surface area contributed by atoms with Gasteiger partial charge in [0, 0.05) is 24.4 Å². The predicted octanol–water partition coefficient (Wildman–Crippen LogP) is 4.04. The van der Waals surface area contributed by atoms with Gasteiger partial charge in [-0.2, -0.15) is 0 Å². The number of hydrogen-bond donors (Lipinski definition) is 1. The summed E-state index contributed by atoms with van der Waals surface area (Å²) in [7, 11) is 2.97. The number of rotatable bonds is 5. The largest absolute Gasteiger partial charge is 0.493 e. The van der Waals surface area contributed by atoms with Crippen molar-refractivity contribution in [2.75, 3.05) is 27.3 Å². The van der Waals surface area contributed by atoms with Crippen LogP contribution in [-0.2, 0) is 4.74 Å². The molecule has 3 unspecified atom stereocenters. The number of para-hydroxylation sites is 1. The minimum absolute atomic E-state index is 0.0735. The molecule has 0 aliphatic carbocycles. The third-order valence-corrected chi connectivity index (χ3v) is 5.68. The van der Waals surface area contributed by atoms with Gasteiger partial charge in [-0.15, -0.1) is 0 Å². The fourth-order valence-corrected chi connectivity index (χ4v) is 3.80. The first-order valence-corrected chi connectivity index (χ1v) is 9.31. The number of hydrogen-bond acceptors (Lipinski definition) is 5. The van der Waals surface area contributed by atoms with Crippen LogP contribution in [0, 0.1) is 5.41 Å². The molecule has 6 nitrogen and oxygen atoms in total. The van der Waals surface area contributed by atoms with Crippen LogP contribution in [-0.4, -0.2) is 49.5 Å². The Balaban J connectivity index is 1.97. The molecule has 1 amide bonds. The van der Waals surface area contributed by atoms with Crippen LogP contribution < -0.4 is 9.47 Å². The lowest BCUT2D eigenvalue weighted by Gasteiger charge is -2.33. The molecule has 0 spiro atoms. The fourth-order valence-electron chi connectivity index (χ4n) is 3.80. The van der Waals surface area contributed by atoms with Crippen LogP contribution in [0.2, 0.25) is 0 Å². The molecule has 0 radical (unpaired) electrons. The Morgan fingerprint density at radius 3 is 2.50 bits per heavy atom. The van der Waals surface area contributed by atoms with E-state index >= 15 is 0 Å². The van der Waals surface area contributed by atoms with E-state index in [9.17, 15) is 9.90 Å². The minimum Gasteiger partial charge on any atom is -0.493 e. The molecule has 1 saturated heterocycles. The third kappa shape index (κ3) is 3.78. The second-order valence-electron chi connectivity index (χ2n) is 7.41. The van der Waals surface area contributed by atoms with E-state index in [4.69, 9.17) is 14.2 Å². The summed E-state index contributed by atoms with van der Waals surface area (Å²) in [4.78, 5) is 13.7. The van der Waals surface area contributed by atoms with Crippen molar-refractivity contribution < 1.29 is 24.1 Å². The molecule has 2 aromatic rings. The van der Waals surface area contributed by atoms with E-state index < -0.39 is 11.5 Å². The summed E-state index contributed by atoms with van der Waals surface area (Å²) in [5.74, 6) is 1.85. The maximum Gasteiger partial charge on any atom is 0.409 e. The smallest absolute Gasteiger partial charge is 0.409 e. The molecule has 28 heavy (non-hydrogen) atoms. The molecule has 1 heterocycles. The van der Waals surface area contributed by atoms with Crippen molar-refractivity contribution >= 4 is 6.09 Å². The van der Waals surface area contributed by atoms with Crippen molar-refractivity contribution in [3.05, 3.63) is 54.1 Å². The first-order valence-electron chi connectivity index (χ1n) is 9.31. The number of carbonyl (C=O) groups is 1. The maximum atomic E-state index is 12.1. The van der Waals surface area contributed by atoms with Crippen LogP contribution in [0.1, 0.15) is 25.3 Å². The van der Waals surface area contributed by atoms with Gasteiger partial charge >= 0.3 is 6.09 Å². The molecule has 0 aromatic heterocycles. The van der Waals surface area contributed by atoms with Gasteiger partial charge in [-0.3, -0.25) is 0 Å². The second-order valence-corrected chi connectivity index (χ2v) is 7.41. The lowest BCUT2D eigenvalue weighted by Crippen LogP contribution is -2.38. The number of carbonyl (C=O) groups excluding carboxylic acids is 1. The summed E-state index contributed by atoms with van der Waals surface area (Å²) in [6, 6.07) is 15.2. The molecular formula is C22H27NO5. The van der Waals surface area contributed by atoms with Crippen molar-refractivity contribution in [3.63, 3.8) is 0 Å². The zero-order valence-corrected chi connectivity index (χ0v) is 16.7. The number of methoxy groups -OCH3 is 2. The first-order chi connectivity index (χ1) is 13.4. The standard InChI is InChI=1S/C22H27NO5/c1-15(24)22(2)14-23(21(25)27-4)13-18(22)16-10-11-19(26-3)20(12-16)28-17-8-6-5-7-9-17/h5-12,15,18,24H,13-14H2,1-4H3. The quantitative estimate of drug-likeness (QED) is 0.841. The summed E-state index contributed by atoms with van der Waals surface area (Å²) in [6.07, 6.45) is -0.989. The summed E-state index contributed by atoms with van der Waals surface area (Å²) in [6.45, 7) is 4.64. The number of nitrogens with zero attached hydrogens (tertiary/aromatic N) is 1. The summed E-state index contributed by atoms with van der Waals surface area (Å²) >= 11 is 0. The molecule has 1 N–H and O–H groups in total. The van der Waals surface area contributed by atoms with Gasteiger partial charge in [0.25, 0.3) is 0 Å². The summed E-state index contributed by atoms with van der Waals surface area (Å²) < 4.78 is 16.4. The van der Waals surface area contributed by atoms with Crippen molar-refractivity contribution in [1.29, 1.82) is 0 Å². The van der Waals surface area contributed by atoms with Crippen molar-refractivity contribution in [3.8, 4) is 17.2 Å². The third-order valence-electron chi connectivity index (χ3n) is 5.68. The Bertz CT molecular complexity index is 823. The minimum atomic E-state index is -0.604. The number of aliphatic hydroxyl groups is 1. The molecule has 150 valence electrons. The van der Waals surface area contributed by atoms with Crippen LogP contribution in [0.4, 0.5) is 4.79 Å². The maximum absolute atomic E-state index is 12.1. The number of amides is 1. The number of aliphatic hydroxyl groups excluding tert-OH is 1. The van der Waals surface area contributed by atoms with Crippen LogP contribution >= 0.6 is 0 Å². The zero-order valence-electron chi connectivity index (χ0n) is 16.7. The Labute approximate surface area is 165 Å². The van der Waals surface area contributed by atoms with Gasteiger partial charge in [0.15, 0.2) is 11.5 Å². The SMILES string of the molecule is COC(=O)N1CC(c2ccc(OC)c(Oc3ccccc3)c2)C(C)(C(C)O)C1. The highest BCUT2D eigenvalue weighted by molar-refractivity contribution is 5.68. The normalized spacial score (nSPS) is 22.6. The highest BCUT2D eigenvalue weighted by Crippen LogP contribution is 2.47. The second kappa shape index (κ2) is 8.10. The van der Waals surface area contributed by atoms with Crippen LogP contribution in [0.25, 0.3) is 0 Å². The van der Waals surface area contributed by atoms with Crippen molar-refractivity contribution in [2.45, 2.75) is 25.9 Å². The van der Waals surface area contributed by atoms with Gasteiger partial charge in [0.2, 0.25) is 0 Å². The highest BCUT2D eigenvalue weighted by atomic mass is 16.5. The van der Waals surface area contributed by atoms with E-state index in [1.807, 2.05) is 55.5 Å². The lowest BCUT2D eigenvalue weighted by atomic mass is 9.72. The molecule has 2 aromatic carbocycles. The highest BCUT2D eigenvalue weighted by Gasteiger charge is 2.48. The molecule has 1 fully saturated rings. The van der Waals surface area contributed by atoms with Gasteiger partial charge in [-0.05, 0) is 36.8 Å². The average molecular weight is 385 g/mol. The van der Waals surface area contributed by atoms with Gasteiger partial charge in [0.05, 0.1) is 20.3 Å². The average Bonchev–Trinajstić information content (AvgIpc) is 3.07. The molecule has 1 aliphatic rings.